The number of hydrogen-bond acceptors (Lipinski definition) is 4. The highest BCUT2D eigenvalue weighted by Crippen LogP contribution is 2.18. The van der Waals surface area contributed by atoms with Crippen LogP contribution in [0.4, 0.5) is 0 Å². The lowest BCUT2D eigenvalue weighted by Gasteiger charge is -2.34. The zero-order valence-corrected chi connectivity index (χ0v) is 11.2. The molecule has 0 bridgehead atoms. The predicted octanol–water partition coefficient (Wildman–Crippen LogP) is -0.879. The average molecular weight is 263 g/mol. The van der Waals surface area contributed by atoms with Crippen LogP contribution in [-0.4, -0.2) is 51.2 Å². The second-order valence-electron chi connectivity index (χ2n) is 4.56. The first-order valence-electron chi connectivity index (χ1n) is 5.80. The molecule has 0 unspecified atom stereocenters. The number of hydrogen-bond donors (Lipinski definition) is 2. The minimum Gasteiger partial charge on any atom is -0.341 e. The van der Waals surface area contributed by atoms with Crippen LogP contribution in [0, 0.1) is 5.92 Å². The van der Waals surface area contributed by atoms with Crippen molar-refractivity contribution in [1.29, 1.82) is 0 Å². The predicted molar refractivity (Wildman–Crippen MR) is 65.8 cm³/mol. The maximum absolute atomic E-state index is 11.8. The highest BCUT2D eigenvalue weighted by molar-refractivity contribution is 7.90. The summed E-state index contributed by atoms with van der Waals surface area (Å²) in [5, 5.41) is 0. The summed E-state index contributed by atoms with van der Waals surface area (Å²) in [5.74, 6) is -0.551. The van der Waals surface area contributed by atoms with Crippen LogP contribution in [0.3, 0.4) is 0 Å². The van der Waals surface area contributed by atoms with E-state index in [9.17, 15) is 13.2 Å². The maximum atomic E-state index is 11.8. The Morgan fingerprint density at radius 3 is 2.76 bits per heavy atom. The second-order valence-corrected chi connectivity index (χ2v) is 6.49. The Morgan fingerprint density at radius 2 is 2.24 bits per heavy atom. The van der Waals surface area contributed by atoms with E-state index in [2.05, 4.69) is 4.72 Å². The number of amides is 1. The molecule has 3 N–H and O–H groups in total. The summed E-state index contributed by atoms with van der Waals surface area (Å²) in [5.41, 5.74) is 5.81. The molecule has 2 atom stereocenters. The largest absolute Gasteiger partial charge is 0.341 e. The Kier molecular flexibility index (Phi) is 4.91. The molecule has 0 aromatic rings. The Balaban J connectivity index is 2.58. The molecule has 0 aromatic carbocycles. The van der Waals surface area contributed by atoms with Gasteiger partial charge in [0.1, 0.15) is 5.75 Å². The van der Waals surface area contributed by atoms with Crippen LogP contribution in [0.15, 0.2) is 0 Å². The molecule has 1 rings (SSSR count). The monoisotopic (exact) mass is 263 g/mol. The van der Waals surface area contributed by atoms with Crippen LogP contribution in [-0.2, 0) is 14.8 Å². The SMILES string of the molecule is CNS(=O)(=O)CC(=O)N1CCC[C@@H]([C@H](C)N)C1. The minimum atomic E-state index is -3.48. The molecular weight excluding hydrogens is 242 g/mol. The molecular formula is C10H21N3O3S. The fraction of sp³-hybridized carbons (Fsp3) is 0.900. The number of rotatable bonds is 4. The van der Waals surface area contributed by atoms with Crippen molar-refractivity contribution in [3.05, 3.63) is 0 Å². The van der Waals surface area contributed by atoms with Crippen molar-refractivity contribution in [3.63, 3.8) is 0 Å². The first-order chi connectivity index (χ1) is 7.85. The highest BCUT2D eigenvalue weighted by Gasteiger charge is 2.27. The summed E-state index contributed by atoms with van der Waals surface area (Å²) in [6.07, 6.45) is 1.89. The fourth-order valence-electron chi connectivity index (χ4n) is 1.99. The lowest BCUT2D eigenvalue weighted by molar-refractivity contribution is -0.130. The Labute approximate surface area is 103 Å². The number of nitrogens with zero attached hydrogens (tertiary/aromatic N) is 1. The number of nitrogens with two attached hydrogens (primary N) is 1. The van der Waals surface area contributed by atoms with Gasteiger partial charge >= 0.3 is 0 Å². The molecule has 7 heteroatoms. The number of likely N-dealkylation sites (tertiary alicyclic amines) is 1. The van der Waals surface area contributed by atoms with Crippen molar-refractivity contribution in [2.45, 2.75) is 25.8 Å². The van der Waals surface area contributed by atoms with Crippen molar-refractivity contribution >= 4 is 15.9 Å². The van der Waals surface area contributed by atoms with Gasteiger partial charge < -0.3 is 10.6 Å². The van der Waals surface area contributed by atoms with E-state index in [1.54, 1.807) is 4.90 Å². The van der Waals surface area contributed by atoms with Crippen LogP contribution in [0.2, 0.25) is 0 Å². The minimum absolute atomic E-state index is 0.0338. The molecule has 17 heavy (non-hydrogen) atoms. The molecule has 0 spiro atoms. The summed E-state index contributed by atoms with van der Waals surface area (Å²) in [4.78, 5) is 13.4. The Hall–Kier alpha value is -0.660. The Bertz CT molecular complexity index is 367. The molecule has 1 saturated heterocycles. The van der Waals surface area contributed by atoms with Gasteiger partial charge in [0.2, 0.25) is 15.9 Å². The van der Waals surface area contributed by atoms with E-state index in [1.165, 1.54) is 7.05 Å². The van der Waals surface area contributed by atoms with Gasteiger partial charge in [0, 0.05) is 19.1 Å². The van der Waals surface area contributed by atoms with Gasteiger partial charge in [-0.2, -0.15) is 0 Å². The third-order valence-corrected chi connectivity index (χ3v) is 4.43. The lowest BCUT2D eigenvalue weighted by atomic mass is 9.92. The summed E-state index contributed by atoms with van der Waals surface area (Å²) in [6, 6.07) is 0.0338. The van der Waals surface area contributed by atoms with Gasteiger partial charge in [0.05, 0.1) is 0 Å². The molecule has 1 fully saturated rings. The van der Waals surface area contributed by atoms with Gasteiger partial charge in [0.15, 0.2) is 0 Å². The van der Waals surface area contributed by atoms with Crippen LogP contribution < -0.4 is 10.5 Å². The molecule has 0 aliphatic carbocycles. The van der Waals surface area contributed by atoms with E-state index in [4.69, 9.17) is 5.73 Å². The van der Waals surface area contributed by atoms with Crippen molar-refractivity contribution in [1.82, 2.24) is 9.62 Å². The van der Waals surface area contributed by atoms with E-state index >= 15 is 0 Å². The zero-order valence-electron chi connectivity index (χ0n) is 10.3. The van der Waals surface area contributed by atoms with Gasteiger partial charge in [-0.3, -0.25) is 4.79 Å². The molecule has 1 aliphatic heterocycles. The van der Waals surface area contributed by atoms with E-state index in [0.717, 1.165) is 12.8 Å². The second kappa shape index (κ2) is 5.79. The normalized spacial score (nSPS) is 23.5. The average Bonchev–Trinajstić information content (AvgIpc) is 2.28. The molecule has 1 heterocycles. The van der Waals surface area contributed by atoms with Gasteiger partial charge in [-0.15, -0.1) is 0 Å². The van der Waals surface area contributed by atoms with E-state index in [0.29, 0.717) is 13.1 Å². The summed E-state index contributed by atoms with van der Waals surface area (Å²) < 4.78 is 24.7. The van der Waals surface area contributed by atoms with Gasteiger partial charge in [0.25, 0.3) is 0 Å². The molecule has 6 nitrogen and oxygen atoms in total. The van der Waals surface area contributed by atoms with E-state index in [1.807, 2.05) is 6.92 Å². The lowest BCUT2D eigenvalue weighted by Crippen LogP contribution is -2.47. The molecule has 100 valence electrons. The first kappa shape index (κ1) is 14.4. The number of nitrogens with one attached hydrogen (secondary N) is 1. The van der Waals surface area contributed by atoms with Crippen LogP contribution in [0.25, 0.3) is 0 Å². The highest BCUT2D eigenvalue weighted by atomic mass is 32.2. The number of carbonyl (C=O) groups excluding carboxylic acids is 1. The number of sulfonamides is 1. The molecule has 1 amide bonds. The van der Waals surface area contributed by atoms with Crippen molar-refractivity contribution in [3.8, 4) is 0 Å². The van der Waals surface area contributed by atoms with Crippen molar-refractivity contribution in [2.24, 2.45) is 11.7 Å². The molecule has 0 aromatic heterocycles. The molecule has 1 aliphatic rings. The third-order valence-electron chi connectivity index (χ3n) is 3.18. The van der Waals surface area contributed by atoms with E-state index in [-0.39, 0.29) is 17.9 Å². The van der Waals surface area contributed by atoms with Gasteiger partial charge in [-0.05, 0) is 32.7 Å². The Morgan fingerprint density at radius 1 is 1.59 bits per heavy atom. The van der Waals surface area contributed by atoms with Crippen molar-refractivity contribution in [2.75, 3.05) is 25.9 Å². The standard InChI is InChI=1S/C10H21N3O3S/c1-8(11)9-4-3-5-13(6-9)10(14)7-17(15,16)12-2/h8-9,12H,3-7,11H2,1-2H3/t8-,9+/m0/s1. The number of piperidine rings is 1. The summed E-state index contributed by atoms with van der Waals surface area (Å²) >= 11 is 0. The zero-order chi connectivity index (χ0) is 13.1. The van der Waals surface area contributed by atoms with Gasteiger partial charge in [-0.25, -0.2) is 13.1 Å². The quantitative estimate of drug-likeness (QED) is 0.689. The van der Waals surface area contributed by atoms with E-state index < -0.39 is 15.8 Å². The fourth-order valence-corrected chi connectivity index (χ4v) is 2.64. The number of carbonyl (C=O) groups is 1. The summed E-state index contributed by atoms with van der Waals surface area (Å²) in [7, 11) is -2.17. The maximum Gasteiger partial charge on any atom is 0.239 e. The molecule has 0 saturated carbocycles. The van der Waals surface area contributed by atoms with Crippen LogP contribution in [0.1, 0.15) is 19.8 Å². The van der Waals surface area contributed by atoms with Crippen molar-refractivity contribution < 1.29 is 13.2 Å². The van der Waals surface area contributed by atoms with Gasteiger partial charge in [-0.1, -0.05) is 0 Å². The van der Waals surface area contributed by atoms with Crippen LogP contribution in [0.5, 0.6) is 0 Å². The smallest absolute Gasteiger partial charge is 0.239 e. The molecule has 0 radical (unpaired) electrons. The summed E-state index contributed by atoms with van der Waals surface area (Å²) in [6.45, 7) is 3.11. The van der Waals surface area contributed by atoms with Crippen LogP contribution >= 0.6 is 0 Å². The first-order valence-corrected chi connectivity index (χ1v) is 7.45. The topological polar surface area (TPSA) is 92.5 Å². The third kappa shape index (κ3) is 4.25.